The molecule has 0 unspecified atom stereocenters. The average molecular weight is 471 g/mol. The van der Waals surface area contributed by atoms with Gasteiger partial charge in [0.25, 0.3) is 0 Å². The summed E-state index contributed by atoms with van der Waals surface area (Å²) in [6.07, 6.45) is 8.60. The van der Waals surface area contributed by atoms with Gasteiger partial charge < -0.3 is 19.9 Å². The van der Waals surface area contributed by atoms with Crippen molar-refractivity contribution in [3.63, 3.8) is 0 Å². The fraction of sp³-hybridized carbons (Fsp3) is 0.704. The number of piperazine rings is 1. The van der Waals surface area contributed by atoms with E-state index < -0.39 is 0 Å². The van der Waals surface area contributed by atoms with Gasteiger partial charge in [-0.15, -0.1) is 0 Å². The lowest BCUT2D eigenvalue weighted by Gasteiger charge is -2.40. The lowest BCUT2D eigenvalue weighted by molar-refractivity contribution is -0.139. The highest BCUT2D eigenvalue weighted by atomic mass is 16.5. The average Bonchev–Trinajstić information content (AvgIpc) is 3.40. The Bertz CT molecular complexity index is 754. The zero-order valence-electron chi connectivity index (χ0n) is 20.6. The minimum absolute atomic E-state index is 0.0407. The minimum atomic E-state index is -0.0598. The third kappa shape index (κ3) is 7.27. The molecule has 2 aliphatic heterocycles. The number of ether oxygens (including phenoxy) is 1. The molecule has 7 heteroatoms. The van der Waals surface area contributed by atoms with Crippen LogP contribution < -0.4 is 5.32 Å². The van der Waals surface area contributed by atoms with Gasteiger partial charge in [0.2, 0.25) is 11.8 Å². The summed E-state index contributed by atoms with van der Waals surface area (Å²) in [5.41, 5.74) is 1.07. The second kappa shape index (κ2) is 13.2. The van der Waals surface area contributed by atoms with E-state index >= 15 is 0 Å². The standard InChI is InChI=1S/C27H42N4O3/c32-25(22-34-21-23-9-3-1-4-10-23)30-17-19-31(20-18-30)26(24-11-5-6-12-24)27(33)28-13-16-29-14-7-2-8-15-29/h1,3-4,9-10,24,26H,2,5-8,11-22H2,(H,28,33)/t26-/m0/s1. The van der Waals surface area contributed by atoms with Gasteiger partial charge in [-0.2, -0.15) is 0 Å². The highest BCUT2D eigenvalue weighted by Gasteiger charge is 2.37. The van der Waals surface area contributed by atoms with Crippen LogP contribution in [0.25, 0.3) is 0 Å². The van der Waals surface area contributed by atoms with Crippen LogP contribution in [0.3, 0.4) is 0 Å². The van der Waals surface area contributed by atoms with E-state index in [0.717, 1.165) is 57.7 Å². The summed E-state index contributed by atoms with van der Waals surface area (Å²) >= 11 is 0. The molecule has 3 fully saturated rings. The molecule has 4 rings (SSSR count). The Balaban J connectivity index is 1.22. The summed E-state index contributed by atoms with van der Waals surface area (Å²) in [6.45, 7) is 7.41. The minimum Gasteiger partial charge on any atom is -0.367 e. The topological polar surface area (TPSA) is 65.1 Å². The number of nitrogens with zero attached hydrogens (tertiary/aromatic N) is 3. The van der Waals surface area contributed by atoms with Gasteiger partial charge in [-0.1, -0.05) is 49.6 Å². The quantitative estimate of drug-likeness (QED) is 0.569. The summed E-state index contributed by atoms with van der Waals surface area (Å²) in [5.74, 6) is 0.667. The van der Waals surface area contributed by atoms with Crippen molar-refractivity contribution < 1.29 is 14.3 Å². The smallest absolute Gasteiger partial charge is 0.248 e. The SMILES string of the molecule is O=C(NCCN1CCCCC1)[C@H](C1CCCC1)N1CCN(C(=O)COCc2ccccc2)CC1. The fourth-order valence-corrected chi connectivity index (χ4v) is 5.75. The van der Waals surface area contributed by atoms with E-state index in [2.05, 4.69) is 15.1 Å². The molecular formula is C27H42N4O3. The Labute approximate surface area is 204 Å². The van der Waals surface area contributed by atoms with E-state index in [1.54, 1.807) is 0 Å². The summed E-state index contributed by atoms with van der Waals surface area (Å²) < 4.78 is 5.65. The molecule has 7 nitrogen and oxygen atoms in total. The maximum absolute atomic E-state index is 13.3. The second-order valence-corrected chi connectivity index (χ2v) is 10.1. The van der Waals surface area contributed by atoms with Gasteiger partial charge in [-0.05, 0) is 50.3 Å². The van der Waals surface area contributed by atoms with E-state index in [0.29, 0.717) is 25.6 Å². The second-order valence-electron chi connectivity index (χ2n) is 10.1. The number of rotatable bonds is 10. The van der Waals surface area contributed by atoms with Crippen molar-refractivity contribution in [2.75, 3.05) is 59.0 Å². The number of carbonyl (C=O) groups is 2. The van der Waals surface area contributed by atoms with Crippen molar-refractivity contribution in [3.05, 3.63) is 35.9 Å². The van der Waals surface area contributed by atoms with Crippen molar-refractivity contribution >= 4 is 11.8 Å². The number of nitrogens with one attached hydrogen (secondary N) is 1. The molecule has 1 aromatic rings. The number of amides is 2. The first kappa shape index (κ1) is 25.1. The first-order chi connectivity index (χ1) is 16.7. The van der Waals surface area contributed by atoms with E-state index in [-0.39, 0.29) is 24.5 Å². The molecule has 0 spiro atoms. The van der Waals surface area contributed by atoms with Crippen LogP contribution in [-0.2, 0) is 20.9 Å². The molecule has 188 valence electrons. The summed E-state index contributed by atoms with van der Waals surface area (Å²) in [7, 11) is 0. The highest BCUT2D eigenvalue weighted by molar-refractivity contribution is 5.82. The van der Waals surface area contributed by atoms with Gasteiger partial charge in [0.15, 0.2) is 0 Å². The largest absolute Gasteiger partial charge is 0.367 e. The van der Waals surface area contributed by atoms with Crippen molar-refractivity contribution in [2.45, 2.75) is 57.6 Å². The maximum atomic E-state index is 13.3. The summed E-state index contributed by atoms with van der Waals surface area (Å²) in [6, 6.07) is 9.88. The fourth-order valence-electron chi connectivity index (χ4n) is 5.75. The van der Waals surface area contributed by atoms with Gasteiger partial charge in [0.05, 0.1) is 12.6 Å². The maximum Gasteiger partial charge on any atom is 0.248 e. The Kier molecular flexibility index (Phi) is 9.77. The number of piperidine rings is 1. The zero-order valence-corrected chi connectivity index (χ0v) is 20.6. The van der Waals surface area contributed by atoms with Crippen LogP contribution >= 0.6 is 0 Å². The molecule has 2 heterocycles. The molecule has 0 bridgehead atoms. The van der Waals surface area contributed by atoms with Gasteiger partial charge in [0, 0.05) is 39.3 Å². The molecule has 2 amide bonds. The van der Waals surface area contributed by atoms with Crippen LogP contribution in [0.2, 0.25) is 0 Å². The Morgan fingerprint density at radius 3 is 2.32 bits per heavy atom. The Morgan fingerprint density at radius 2 is 1.62 bits per heavy atom. The van der Waals surface area contributed by atoms with Gasteiger partial charge in [-0.3, -0.25) is 14.5 Å². The Morgan fingerprint density at radius 1 is 0.912 bits per heavy atom. The van der Waals surface area contributed by atoms with Crippen LogP contribution in [0.4, 0.5) is 0 Å². The van der Waals surface area contributed by atoms with E-state index in [1.807, 2.05) is 35.2 Å². The number of likely N-dealkylation sites (tertiary alicyclic amines) is 1. The van der Waals surface area contributed by atoms with Crippen molar-refractivity contribution in [1.82, 2.24) is 20.0 Å². The number of carbonyl (C=O) groups excluding carboxylic acids is 2. The third-order valence-electron chi connectivity index (χ3n) is 7.69. The van der Waals surface area contributed by atoms with Crippen LogP contribution in [-0.4, -0.2) is 91.5 Å². The van der Waals surface area contributed by atoms with E-state index in [1.165, 1.54) is 32.1 Å². The first-order valence-corrected chi connectivity index (χ1v) is 13.3. The molecule has 1 saturated carbocycles. The molecule has 0 aromatic heterocycles. The molecule has 1 aromatic carbocycles. The van der Waals surface area contributed by atoms with Crippen molar-refractivity contribution in [2.24, 2.45) is 5.92 Å². The number of hydrogen-bond acceptors (Lipinski definition) is 5. The highest BCUT2D eigenvalue weighted by Crippen LogP contribution is 2.31. The predicted molar refractivity (Wildman–Crippen MR) is 133 cm³/mol. The molecule has 3 aliphatic rings. The van der Waals surface area contributed by atoms with Crippen molar-refractivity contribution in [1.29, 1.82) is 0 Å². The molecule has 1 aliphatic carbocycles. The molecule has 34 heavy (non-hydrogen) atoms. The van der Waals surface area contributed by atoms with Crippen LogP contribution in [0.5, 0.6) is 0 Å². The summed E-state index contributed by atoms with van der Waals surface area (Å²) in [4.78, 5) is 32.6. The predicted octanol–water partition coefficient (Wildman–Crippen LogP) is 2.51. The molecule has 1 N–H and O–H groups in total. The number of hydrogen-bond donors (Lipinski definition) is 1. The van der Waals surface area contributed by atoms with Crippen LogP contribution in [0.1, 0.15) is 50.5 Å². The van der Waals surface area contributed by atoms with Gasteiger partial charge in [-0.25, -0.2) is 0 Å². The normalized spacial score (nSPS) is 21.5. The zero-order chi connectivity index (χ0) is 23.6. The monoisotopic (exact) mass is 470 g/mol. The first-order valence-electron chi connectivity index (χ1n) is 13.3. The number of benzene rings is 1. The van der Waals surface area contributed by atoms with Gasteiger partial charge in [0.1, 0.15) is 6.61 Å². The van der Waals surface area contributed by atoms with Gasteiger partial charge >= 0.3 is 0 Å². The van der Waals surface area contributed by atoms with Crippen LogP contribution in [0.15, 0.2) is 30.3 Å². The Hall–Kier alpha value is -1.96. The lowest BCUT2D eigenvalue weighted by Crippen LogP contribution is -2.58. The van der Waals surface area contributed by atoms with E-state index in [9.17, 15) is 9.59 Å². The summed E-state index contributed by atoms with van der Waals surface area (Å²) in [5, 5.41) is 3.26. The molecule has 0 radical (unpaired) electrons. The van der Waals surface area contributed by atoms with E-state index in [4.69, 9.17) is 4.74 Å². The lowest BCUT2D eigenvalue weighted by atomic mass is 9.95. The van der Waals surface area contributed by atoms with Crippen LogP contribution in [0, 0.1) is 5.92 Å². The van der Waals surface area contributed by atoms with Crippen molar-refractivity contribution in [3.8, 4) is 0 Å². The third-order valence-corrected chi connectivity index (χ3v) is 7.69. The molecule has 2 saturated heterocycles. The molecule has 1 atom stereocenters. The molecular weight excluding hydrogens is 428 g/mol.